The zero-order valence-electron chi connectivity index (χ0n) is 9.07. The van der Waals surface area contributed by atoms with E-state index in [1.165, 1.54) is 0 Å². The Balaban J connectivity index is 0. The Bertz CT molecular complexity index is 69.6. The van der Waals surface area contributed by atoms with Gasteiger partial charge in [-0.3, -0.25) is 0 Å². The summed E-state index contributed by atoms with van der Waals surface area (Å²) in [6.45, 7) is 5.13. The Kier molecular flexibility index (Phi) is 21.5. The second-order valence-corrected chi connectivity index (χ2v) is 2.25. The van der Waals surface area contributed by atoms with Gasteiger partial charge < -0.3 is 24.4 Å². The molecule has 2 N–H and O–H groups in total. The van der Waals surface area contributed by atoms with Crippen LogP contribution in [0.2, 0.25) is 0 Å². The van der Waals surface area contributed by atoms with Crippen molar-refractivity contribution in [3.8, 4) is 0 Å². The summed E-state index contributed by atoms with van der Waals surface area (Å²) in [4.78, 5) is 0. The molecule has 0 aromatic carbocycles. The third-order valence-corrected chi connectivity index (χ3v) is 1.11. The average Bonchev–Trinajstić information content (AvgIpc) is 2.24. The van der Waals surface area contributed by atoms with E-state index in [1.54, 1.807) is 7.11 Å². The Labute approximate surface area is 85.6 Å². The number of hydrogen-bond acceptors (Lipinski definition) is 5. The Hall–Kier alpha value is -0.200. The maximum Gasteiger partial charge on any atom is 0.0701 e. The minimum Gasteiger partial charge on any atom is -0.394 e. The van der Waals surface area contributed by atoms with Crippen LogP contribution in [0.4, 0.5) is 0 Å². The minimum absolute atomic E-state index is 0.125. The zero-order chi connectivity index (χ0) is 11.1. The molecule has 0 aliphatic rings. The van der Waals surface area contributed by atoms with E-state index >= 15 is 0 Å². The highest BCUT2D eigenvalue weighted by molar-refractivity contribution is 4.29. The van der Waals surface area contributed by atoms with Crippen LogP contribution in [0.1, 0.15) is 6.92 Å². The van der Waals surface area contributed by atoms with Crippen molar-refractivity contribution < 1.29 is 24.4 Å². The lowest BCUT2D eigenvalue weighted by Crippen LogP contribution is -2.07. The van der Waals surface area contributed by atoms with Gasteiger partial charge in [-0.05, 0) is 6.92 Å². The summed E-state index contributed by atoms with van der Waals surface area (Å²) in [7, 11) is 1.66. The number of rotatable bonds is 8. The summed E-state index contributed by atoms with van der Waals surface area (Å²) in [5.41, 5.74) is 0. The molecular weight excluding hydrogens is 188 g/mol. The summed E-state index contributed by atoms with van der Waals surface area (Å²) in [6.07, 6.45) is 0. The lowest BCUT2D eigenvalue weighted by Gasteiger charge is -2.02. The average molecular weight is 210 g/mol. The van der Waals surface area contributed by atoms with Crippen LogP contribution in [0, 0.1) is 0 Å². The van der Waals surface area contributed by atoms with E-state index in [9.17, 15) is 0 Å². The molecule has 5 heteroatoms. The van der Waals surface area contributed by atoms with Crippen LogP contribution in [0.3, 0.4) is 0 Å². The van der Waals surface area contributed by atoms with Crippen molar-refractivity contribution in [1.29, 1.82) is 0 Å². The molecule has 0 spiro atoms. The molecule has 0 saturated heterocycles. The Morgan fingerprint density at radius 2 is 1.36 bits per heavy atom. The van der Waals surface area contributed by atoms with Gasteiger partial charge in [-0.2, -0.15) is 0 Å². The predicted octanol–water partition coefficient (Wildman–Crippen LogP) is -0.343. The molecule has 0 aliphatic heterocycles. The van der Waals surface area contributed by atoms with E-state index in [0.717, 1.165) is 6.61 Å². The molecule has 0 saturated carbocycles. The maximum atomic E-state index is 7.62. The fourth-order valence-electron chi connectivity index (χ4n) is 0.507. The van der Waals surface area contributed by atoms with Gasteiger partial charge in [0.25, 0.3) is 0 Å². The van der Waals surface area contributed by atoms with Crippen molar-refractivity contribution in [3.05, 3.63) is 0 Å². The van der Waals surface area contributed by atoms with Crippen molar-refractivity contribution in [1.82, 2.24) is 0 Å². The van der Waals surface area contributed by atoms with E-state index in [1.807, 2.05) is 6.92 Å². The van der Waals surface area contributed by atoms with Crippen LogP contribution < -0.4 is 0 Å². The number of methoxy groups -OCH3 is 1. The smallest absolute Gasteiger partial charge is 0.0701 e. The van der Waals surface area contributed by atoms with Crippen LogP contribution in [0.25, 0.3) is 0 Å². The first-order valence-corrected chi connectivity index (χ1v) is 4.69. The molecule has 0 aliphatic carbocycles. The summed E-state index contributed by atoms with van der Waals surface area (Å²) >= 11 is 0. The van der Waals surface area contributed by atoms with Crippen molar-refractivity contribution in [2.45, 2.75) is 6.92 Å². The highest BCUT2D eigenvalue weighted by Gasteiger charge is 1.86. The number of aliphatic hydroxyl groups excluding tert-OH is 2. The lowest BCUT2D eigenvalue weighted by atomic mass is 10.7. The van der Waals surface area contributed by atoms with E-state index in [2.05, 4.69) is 0 Å². The molecule has 0 fully saturated rings. The van der Waals surface area contributed by atoms with Gasteiger partial charge in [0.15, 0.2) is 0 Å². The molecule has 0 bridgehead atoms. The molecule has 88 valence electrons. The molecule has 0 amide bonds. The van der Waals surface area contributed by atoms with E-state index < -0.39 is 0 Å². The predicted molar refractivity (Wildman–Crippen MR) is 53.4 cm³/mol. The van der Waals surface area contributed by atoms with Crippen LogP contribution in [0.5, 0.6) is 0 Å². The fraction of sp³-hybridized carbons (Fsp3) is 1.00. The van der Waals surface area contributed by atoms with Crippen LogP contribution in [-0.2, 0) is 14.2 Å². The summed E-state index contributed by atoms with van der Waals surface area (Å²) < 4.78 is 15.0. The lowest BCUT2D eigenvalue weighted by molar-refractivity contribution is 0.0280. The Morgan fingerprint density at radius 1 is 0.857 bits per heavy atom. The fourth-order valence-corrected chi connectivity index (χ4v) is 0.507. The maximum absolute atomic E-state index is 7.62. The molecule has 0 rings (SSSR count). The molecule has 14 heavy (non-hydrogen) atoms. The number of aliphatic hydroxyl groups is 2. The first-order chi connectivity index (χ1) is 6.83. The van der Waals surface area contributed by atoms with E-state index in [0.29, 0.717) is 26.4 Å². The highest BCUT2D eigenvalue weighted by atomic mass is 16.5. The van der Waals surface area contributed by atoms with Gasteiger partial charge in [0.05, 0.1) is 39.6 Å². The third kappa shape index (κ3) is 22.6. The van der Waals surface area contributed by atoms with Gasteiger partial charge in [-0.1, -0.05) is 0 Å². The van der Waals surface area contributed by atoms with Crippen molar-refractivity contribution in [2.75, 3.05) is 53.4 Å². The SMILES string of the molecule is CCOCCOCCOC.OCCO. The molecule has 0 aromatic heterocycles. The van der Waals surface area contributed by atoms with Gasteiger partial charge in [0, 0.05) is 13.7 Å². The van der Waals surface area contributed by atoms with Crippen LogP contribution in [0.15, 0.2) is 0 Å². The first kappa shape index (κ1) is 16.2. The second-order valence-electron chi connectivity index (χ2n) is 2.25. The van der Waals surface area contributed by atoms with Crippen LogP contribution in [-0.4, -0.2) is 63.6 Å². The number of ether oxygens (including phenoxy) is 3. The Morgan fingerprint density at radius 3 is 1.79 bits per heavy atom. The molecule has 0 atom stereocenters. The van der Waals surface area contributed by atoms with Crippen molar-refractivity contribution in [3.63, 3.8) is 0 Å². The molecule has 0 aromatic rings. The van der Waals surface area contributed by atoms with Gasteiger partial charge in [-0.25, -0.2) is 0 Å². The van der Waals surface area contributed by atoms with Gasteiger partial charge >= 0.3 is 0 Å². The monoisotopic (exact) mass is 210 g/mol. The quantitative estimate of drug-likeness (QED) is 0.536. The molecule has 0 heterocycles. The normalized spacial score (nSPS) is 9.43. The van der Waals surface area contributed by atoms with Gasteiger partial charge in [0.2, 0.25) is 0 Å². The third-order valence-electron chi connectivity index (χ3n) is 1.11. The second kappa shape index (κ2) is 18.6. The standard InChI is InChI=1S/C7H16O3.C2H6O2/c1-3-9-6-7-10-5-4-8-2;3-1-2-4/h3-7H2,1-2H3;3-4H,1-2H2. The highest BCUT2D eigenvalue weighted by Crippen LogP contribution is 1.77. The zero-order valence-corrected chi connectivity index (χ0v) is 9.07. The molecule has 0 radical (unpaired) electrons. The summed E-state index contributed by atoms with van der Waals surface area (Å²) in [5.74, 6) is 0. The van der Waals surface area contributed by atoms with Gasteiger partial charge in [0.1, 0.15) is 0 Å². The van der Waals surface area contributed by atoms with Gasteiger partial charge in [-0.15, -0.1) is 0 Å². The molecule has 0 unspecified atom stereocenters. The largest absolute Gasteiger partial charge is 0.394 e. The summed E-state index contributed by atoms with van der Waals surface area (Å²) in [6, 6.07) is 0. The van der Waals surface area contributed by atoms with E-state index in [-0.39, 0.29) is 13.2 Å². The first-order valence-electron chi connectivity index (χ1n) is 4.69. The summed E-state index contributed by atoms with van der Waals surface area (Å²) in [5, 5.41) is 15.2. The van der Waals surface area contributed by atoms with Crippen LogP contribution >= 0.6 is 0 Å². The molecular formula is C9H22O5. The number of hydrogen-bond donors (Lipinski definition) is 2. The van der Waals surface area contributed by atoms with Crippen molar-refractivity contribution in [2.24, 2.45) is 0 Å². The minimum atomic E-state index is -0.125. The molecule has 5 nitrogen and oxygen atoms in total. The topological polar surface area (TPSA) is 68.2 Å². The van der Waals surface area contributed by atoms with Crippen molar-refractivity contribution >= 4 is 0 Å². The van der Waals surface area contributed by atoms with E-state index in [4.69, 9.17) is 24.4 Å².